The quantitative estimate of drug-likeness (QED) is 0.0585. The zero-order chi connectivity index (χ0) is 43.5. The van der Waals surface area contributed by atoms with Gasteiger partial charge in [-0.05, 0) is 37.0 Å². The van der Waals surface area contributed by atoms with Gasteiger partial charge < -0.3 is 52.1 Å². The molecule has 360 valence electrons. The largest absolute Gasteiger partial charge is 0.491 e. The van der Waals surface area contributed by atoms with Crippen molar-refractivity contribution in [2.24, 2.45) is 0 Å². The van der Waals surface area contributed by atoms with Crippen LogP contribution in [-0.4, -0.2) is 139 Å². The summed E-state index contributed by atoms with van der Waals surface area (Å²) in [5.41, 5.74) is 1.38. The first-order valence-corrected chi connectivity index (χ1v) is 24.9. The van der Waals surface area contributed by atoms with Gasteiger partial charge in [0.05, 0.1) is 126 Å². The van der Waals surface area contributed by atoms with Crippen molar-refractivity contribution in [1.82, 2.24) is 0 Å². The minimum atomic E-state index is 0.521. The molecule has 1 aromatic carbocycles. The second-order valence-electron chi connectivity index (χ2n) is 15.7. The van der Waals surface area contributed by atoms with Gasteiger partial charge in [-0.1, -0.05) is 142 Å². The van der Waals surface area contributed by atoms with E-state index in [0.29, 0.717) is 132 Å². The molecule has 0 saturated carbocycles. The molecule has 0 unspecified atom stereocenters. The summed E-state index contributed by atoms with van der Waals surface area (Å²) in [6.07, 6.45) is 28.3. The van der Waals surface area contributed by atoms with Crippen LogP contribution in [0, 0.1) is 0 Å². The lowest BCUT2D eigenvalue weighted by Gasteiger charge is -2.09. The maximum atomic E-state index is 5.80. The van der Waals surface area contributed by atoms with Crippen molar-refractivity contribution in [3.63, 3.8) is 0 Å². The standard InChI is InChI=1S/C50H94O11/c1-3-5-7-9-11-12-13-14-15-16-18-20-22-28-51-29-30-52-31-32-53-33-34-54-35-36-55-37-38-56-39-40-57-41-42-58-43-44-59-45-46-60-47-48-61-50-26-24-49(25-27-50)23-21-19-17-10-8-6-4-2/h24-27H,3-23,28-48H2,1-2H3. The summed E-state index contributed by atoms with van der Waals surface area (Å²) < 4.78 is 61.5. The van der Waals surface area contributed by atoms with Crippen molar-refractivity contribution in [3.8, 4) is 5.75 Å². The number of benzene rings is 1. The number of hydrogen-bond acceptors (Lipinski definition) is 11. The van der Waals surface area contributed by atoms with Gasteiger partial charge in [-0.25, -0.2) is 0 Å². The fourth-order valence-electron chi connectivity index (χ4n) is 6.56. The third-order valence-corrected chi connectivity index (χ3v) is 10.2. The molecule has 0 aliphatic heterocycles. The summed E-state index contributed by atoms with van der Waals surface area (Å²) in [4.78, 5) is 0. The summed E-state index contributed by atoms with van der Waals surface area (Å²) in [5, 5.41) is 0. The number of rotatable bonds is 53. The molecule has 0 amide bonds. The van der Waals surface area contributed by atoms with Crippen LogP contribution in [0.3, 0.4) is 0 Å². The molecule has 0 heterocycles. The van der Waals surface area contributed by atoms with E-state index < -0.39 is 0 Å². The lowest BCUT2D eigenvalue weighted by atomic mass is 10.0. The summed E-state index contributed by atoms with van der Waals surface area (Å²) in [5.74, 6) is 0.890. The maximum absolute atomic E-state index is 5.80. The molecule has 0 aromatic heterocycles. The molecule has 1 aromatic rings. The molecule has 0 fully saturated rings. The van der Waals surface area contributed by atoms with Crippen LogP contribution in [-0.2, 0) is 53.8 Å². The first kappa shape index (κ1) is 57.6. The molecule has 11 heteroatoms. The van der Waals surface area contributed by atoms with Gasteiger partial charge in [-0.2, -0.15) is 0 Å². The van der Waals surface area contributed by atoms with Crippen molar-refractivity contribution >= 4 is 0 Å². The Kier molecular flexibility index (Phi) is 48.4. The molecule has 61 heavy (non-hydrogen) atoms. The predicted molar refractivity (Wildman–Crippen MR) is 248 cm³/mol. The van der Waals surface area contributed by atoms with Gasteiger partial charge in [0.15, 0.2) is 0 Å². The Labute approximate surface area is 374 Å². The monoisotopic (exact) mass is 871 g/mol. The molecule has 0 aliphatic rings. The number of hydrogen-bond donors (Lipinski definition) is 0. The van der Waals surface area contributed by atoms with E-state index in [1.165, 1.54) is 128 Å². The van der Waals surface area contributed by atoms with E-state index in [4.69, 9.17) is 52.1 Å². The van der Waals surface area contributed by atoms with Crippen molar-refractivity contribution in [2.45, 2.75) is 149 Å². The third-order valence-electron chi connectivity index (χ3n) is 10.2. The fourth-order valence-corrected chi connectivity index (χ4v) is 6.56. The zero-order valence-corrected chi connectivity index (χ0v) is 39.5. The fraction of sp³-hybridized carbons (Fsp3) is 0.880. The van der Waals surface area contributed by atoms with Crippen LogP contribution in [0.5, 0.6) is 5.75 Å². The van der Waals surface area contributed by atoms with Gasteiger partial charge in [0.1, 0.15) is 12.4 Å². The van der Waals surface area contributed by atoms with E-state index in [2.05, 4.69) is 38.1 Å². The van der Waals surface area contributed by atoms with Crippen LogP contribution in [0.25, 0.3) is 0 Å². The van der Waals surface area contributed by atoms with Crippen molar-refractivity contribution in [2.75, 3.05) is 139 Å². The minimum absolute atomic E-state index is 0.521. The Morgan fingerprint density at radius 2 is 0.492 bits per heavy atom. The third kappa shape index (κ3) is 46.4. The molecule has 0 spiro atoms. The molecule has 0 atom stereocenters. The van der Waals surface area contributed by atoms with Crippen molar-refractivity contribution in [3.05, 3.63) is 29.8 Å². The van der Waals surface area contributed by atoms with E-state index in [1.807, 2.05) is 0 Å². The number of ether oxygens (including phenoxy) is 11. The van der Waals surface area contributed by atoms with E-state index in [-0.39, 0.29) is 0 Å². The second kappa shape index (κ2) is 51.3. The topological polar surface area (TPSA) is 102 Å². The predicted octanol–water partition coefficient (Wildman–Crippen LogP) is 10.6. The molecular weight excluding hydrogens is 777 g/mol. The lowest BCUT2D eigenvalue weighted by Crippen LogP contribution is -2.15. The van der Waals surface area contributed by atoms with Crippen LogP contribution >= 0.6 is 0 Å². The highest BCUT2D eigenvalue weighted by molar-refractivity contribution is 5.27. The molecule has 11 nitrogen and oxygen atoms in total. The van der Waals surface area contributed by atoms with Crippen molar-refractivity contribution < 1.29 is 52.1 Å². The molecule has 0 saturated heterocycles. The maximum Gasteiger partial charge on any atom is 0.119 e. The van der Waals surface area contributed by atoms with Crippen LogP contribution in [0.2, 0.25) is 0 Å². The smallest absolute Gasteiger partial charge is 0.119 e. The Morgan fingerprint density at radius 1 is 0.246 bits per heavy atom. The summed E-state index contributed by atoms with van der Waals surface area (Å²) >= 11 is 0. The van der Waals surface area contributed by atoms with E-state index in [1.54, 1.807) is 0 Å². The number of aryl methyl sites for hydroxylation is 1. The van der Waals surface area contributed by atoms with E-state index in [9.17, 15) is 0 Å². The van der Waals surface area contributed by atoms with Crippen LogP contribution in [0.15, 0.2) is 24.3 Å². The highest BCUT2D eigenvalue weighted by atomic mass is 16.6. The Hall–Kier alpha value is -1.38. The normalized spacial score (nSPS) is 11.6. The zero-order valence-electron chi connectivity index (χ0n) is 39.5. The van der Waals surface area contributed by atoms with Crippen molar-refractivity contribution in [1.29, 1.82) is 0 Å². The Balaban J connectivity index is 1.65. The van der Waals surface area contributed by atoms with Crippen LogP contribution in [0.1, 0.15) is 148 Å². The molecular formula is C50H94O11. The average molecular weight is 871 g/mol. The van der Waals surface area contributed by atoms with Crippen LogP contribution < -0.4 is 4.74 Å². The highest BCUT2D eigenvalue weighted by Gasteiger charge is 2.00. The Morgan fingerprint density at radius 3 is 0.803 bits per heavy atom. The first-order valence-electron chi connectivity index (χ1n) is 24.9. The first-order chi connectivity index (χ1) is 30.4. The Bertz CT molecular complexity index is 939. The van der Waals surface area contributed by atoms with Gasteiger partial charge in [-0.3, -0.25) is 0 Å². The summed E-state index contributed by atoms with van der Waals surface area (Å²) in [6.45, 7) is 16.2. The van der Waals surface area contributed by atoms with E-state index >= 15 is 0 Å². The second-order valence-corrected chi connectivity index (χ2v) is 15.7. The summed E-state index contributed by atoms with van der Waals surface area (Å²) in [7, 11) is 0. The van der Waals surface area contributed by atoms with Gasteiger partial charge in [-0.15, -0.1) is 0 Å². The average Bonchev–Trinajstić information content (AvgIpc) is 3.28. The summed E-state index contributed by atoms with van der Waals surface area (Å²) in [6, 6.07) is 8.47. The molecule has 0 radical (unpaired) electrons. The SMILES string of the molecule is CCCCCCCCCCCCCCCOCCOCCOCCOCCOCCOCCOCCOCCOCCOCCOc1ccc(CCCCCCCCC)cc1. The van der Waals surface area contributed by atoms with E-state index in [0.717, 1.165) is 25.2 Å². The minimum Gasteiger partial charge on any atom is -0.491 e. The molecule has 0 aliphatic carbocycles. The van der Waals surface area contributed by atoms with Gasteiger partial charge >= 0.3 is 0 Å². The molecule has 1 rings (SSSR count). The van der Waals surface area contributed by atoms with Crippen LogP contribution in [0.4, 0.5) is 0 Å². The highest BCUT2D eigenvalue weighted by Crippen LogP contribution is 2.16. The lowest BCUT2D eigenvalue weighted by molar-refractivity contribution is -0.0267. The van der Waals surface area contributed by atoms with Gasteiger partial charge in [0.25, 0.3) is 0 Å². The number of unbranched alkanes of at least 4 members (excludes halogenated alkanes) is 18. The van der Waals surface area contributed by atoms with Gasteiger partial charge in [0, 0.05) is 6.61 Å². The van der Waals surface area contributed by atoms with Gasteiger partial charge in [0.2, 0.25) is 0 Å². The molecule has 0 bridgehead atoms. The molecule has 0 N–H and O–H groups in total.